The minimum atomic E-state index is -4.20. The second-order valence-corrected chi connectivity index (χ2v) is 16.3. The van der Waals surface area contributed by atoms with Gasteiger partial charge in [0.25, 0.3) is 10.0 Å². The van der Waals surface area contributed by atoms with E-state index in [1.54, 1.807) is 36.9 Å². The summed E-state index contributed by atoms with van der Waals surface area (Å²) in [5, 5.41) is 4.83. The van der Waals surface area contributed by atoms with Crippen molar-refractivity contribution in [1.82, 2.24) is 14.1 Å². The maximum atomic E-state index is 13.8. The lowest BCUT2D eigenvalue weighted by atomic mass is 10.1. The van der Waals surface area contributed by atoms with Crippen LogP contribution in [0, 0.1) is 0 Å². The number of amides is 1. The first-order chi connectivity index (χ1) is 18.6. The van der Waals surface area contributed by atoms with Gasteiger partial charge in [-0.05, 0) is 83.9 Å². The minimum Gasteiger partial charge on any atom is -0.444 e. The van der Waals surface area contributed by atoms with Crippen LogP contribution < -0.4 is 4.90 Å². The van der Waals surface area contributed by atoms with E-state index < -0.39 is 36.3 Å². The lowest BCUT2D eigenvalue weighted by Gasteiger charge is -2.42. The monoisotopic (exact) mass is 608 g/mol. The van der Waals surface area contributed by atoms with Crippen molar-refractivity contribution in [3.05, 3.63) is 47.5 Å². The minimum absolute atomic E-state index is 0.0500. The second-order valence-electron chi connectivity index (χ2n) is 11.6. The molecule has 1 aliphatic heterocycles. The number of piperazine rings is 1. The number of benzene rings is 2. The zero-order valence-corrected chi connectivity index (χ0v) is 25.5. The Kier molecular flexibility index (Phi) is 6.91. The molecule has 1 amide bonds. The number of rotatable bonds is 5. The number of hydrogen-bond acceptors (Lipinski definition) is 8. The number of aromatic nitrogens is 2. The predicted molar refractivity (Wildman–Crippen MR) is 153 cm³/mol. The van der Waals surface area contributed by atoms with Gasteiger partial charge in [-0.3, -0.25) is 0 Å². The molecule has 0 N–H and O–H groups in total. The van der Waals surface area contributed by atoms with Crippen molar-refractivity contribution in [2.45, 2.75) is 73.6 Å². The van der Waals surface area contributed by atoms with Crippen LogP contribution >= 0.6 is 11.6 Å². The average molecular weight is 609 g/mol. The molecule has 5 rings (SSSR count). The Bertz CT molecular complexity index is 1690. The highest BCUT2D eigenvalue weighted by Gasteiger charge is 2.54. The normalized spacial score (nSPS) is 17.6. The topological polar surface area (TPSA) is 119 Å². The molecule has 10 nitrogen and oxygen atoms in total. The van der Waals surface area contributed by atoms with Crippen LogP contribution in [0.5, 0.6) is 0 Å². The molecule has 13 heteroatoms. The largest absolute Gasteiger partial charge is 0.444 e. The molecule has 0 atom stereocenters. The summed E-state index contributed by atoms with van der Waals surface area (Å²) in [6, 6.07) is 10.2. The maximum absolute atomic E-state index is 13.8. The fourth-order valence-electron chi connectivity index (χ4n) is 4.99. The molecule has 0 bridgehead atoms. The van der Waals surface area contributed by atoms with E-state index in [9.17, 15) is 21.6 Å². The summed E-state index contributed by atoms with van der Waals surface area (Å²) in [4.78, 5) is 16.5. The third kappa shape index (κ3) is 4.94. The van der Waals surface area contributed by atoms with E-state index in [0.29, 0.717) is 41.4 Å². The summed E-state index contributed by atoms with van der Waals surface area (Å²) in [5.41, 5.74) is -0.692. The molecule has 1 saturated heterocycles. The van der Waals surface area contributed by atoms with Gasteiger partial charge >= 0.3 is 6.09 Å². The highest BCUT2D eigenvalue weighted by atomic mass is 35.5. The van der Waals surface area contributed by atoms with Crippen LogP contribution in [0.15, 0.2) is 52.3 Å². The molecule has 2 fully saturated rings. The Morgan fingerprint density at radius 3 is 2.20 bits per heavy atom. The zero-order chi connectivity index (χ0) is 29.3. The number of fused-ring (bicyclic) bond motifs is 1. The van der Waals surface area contributed by atoms with Crippen LogP contribution in [0.1, 0.15) is 47.5 Å². The third-order valence-corrected chi connectivity index (χ3v) is 11.4. The first-order valence-corrected chi connectivity index (χ1v) is 16.5. The van der Waals surface area contributed by atoms with Gasteiger partial charge in [0.2, 0.25) is 0 Å². The average Bonchev–Trinajstić information content (AvgIpc) is 3.51. The van der Waals surface area contributed by atoms with Gasteiger partial charge in [-0.1, -0.05) is 17.7 Å². The molecule has 216 valence electrons. The Balaban J connectivity index is 1.53. The summed E-state index contributed by atoms with van der Waals surface area (Å²) >= 11 is 6.63. The van der Waals surface area contributed by atoms with Crippen molar-refractivity contribution in [3.8, 4) is 0 Å². The van der Waals surface area contributed by atoms with Gasteiger partial charge < -0.3 is 14.5 Å². The molecule has 40 heavy (non-hydrogen) atoms. The van der Waals surface area contributed by atoms with Crippen molar-refractivity contribution in [3.63, 3.8) is 0 Å². The van der Waals surface area contributed by atoms with E-state index in [-0.39, 0.29) is 15.9 Å². The highest BCUT2D eigenvalue weighted by molar-refractivity contribution is 7.92. The summed E-state index contributed by atoms with van der Waals surface area (Å²) < 4.78 is 59.3. The second kappa shape index (κ2) is 9.63. The lowest BCUT2D eigenvalue weighted by molar-refractivity contribution is 0.0205. The van der Waals surface area contributed by atoms with Crippen LogP contribution in [0.4, 0.5) is 10.6 Å². The smallest absolute Gasteiger partial charge is 0.410 e. The number of nitrogens with zero attached hydrogens (tertiary/aromatic N) is 4. The molecule has 3 aromatic rings. The fourth-order valence-corrected chi connectivity index (χ4v) is 7.58. The molecule has 2 aliphatic rings. The number of halogens is 1. The van der Waals surface area contributed by atoms with Gasteiger partial charge in [-0.15, -0.1) is 5.10 Å². The molecule has 1 spiro atoms. The van der Waals surface area contributed by atoms with E-state index >= 15 is 0 Å². The van der Waals surface area contributed by atoms with Crippen LogP contribution in [-0.4, -0.2) is 73.0 Å². The van der Waals surface area contributed by atoms with E-state index in [0.717, 1.165) is 16.9 Å². The number of carbonyl (C=O) groups excluding carboxylic acids is 1. The standard InChI is InChI=1S/C27H33ClN4O6S2/c1-18(2)39(34,35)19-9-11-20(12-10-19)40(36,37)32-22-8-6-7-21(28)23(22)24(29-32)31-16-15-30(17-27(31)13-14-27)25(33)38-26(3,4)5/h6-12,18H,13-17H2,1-5H3. The number of hydrogen-bond donors (Lipinski definition) is 0. The highest BCUT2D eigenvalue weighted by Crippen LogP contribution is 2.49. The van der Waals surface area contributed by atoms with Gasteiger partial charge in [0.05, 0.1) is 36.5 Å². The Labute approximate surface area is 239 Å². The van der Waals surface area contributed by atoms with Crippen LogP contribution in [0.3, 0.4) is 0 Å². The summed E-state index contributed by atoms with van der Waals surface area (Å²) in [6.45, 7) is 9.86. The van der Waals surface area contributed by atoms with Gasteiger partial charge in [0.15, 0.2) is 15.7 Å². The fraction of sp³-hybridized carbons (Fsp3) is 0.481. The summed E-state index contributed by atoms with van der Waals surface area (Å²) in [7, 11) is -7.76. The molecule has 1 aromatic heterocycles. The van der Waals surface area contributed by atoms with E-state index in [1.807, 2.05) is 20.8 Å². The van der Waals surface area contributed by atoms with Gasteiger partial charge in [-0.25, -0.2) is 13.2 Å². The van der Waals surface area contributed by atoms with Crippen molar-refractivity contribution in [1.29, 1.82) is 0 Å². The van der Waals surface area contributed by atoms with Gasteiger partial charge in [0, 0.05) is 19.6 Å². The van der Waals surface area contributed by atoms with E-state index in [4.69, 9.17) is 16.3 Å². The SMILES string of the molecule is CC(C)S(=O)(=O)c1ccc(S(=O)(=O)n2nc(N3CCN(C(=O)OC(C)(C)C)CC34CC4)c3c(Cl)cccc32)cc1. The Morgan fingerprint density at radius 1 is 1.00 bits per heavy atom. The first kappa shape index (κ1) is 28.7. The van der Waals surface area contributed by atoms with Crippen LogP contribution in [0.2, 0.25) is 5.02 Å². The summed E-state index contributed by atoms with van der Waals surface area (Å²) in [5.74, 6) is 0.435. The first-order valence-electron chi connectivity index (χ1n) is 13.1. The van der Waals surface area contributed by atoms with Crippen molar-refractivity contribution in [2.24, 2.45) is 0 Å². The Morgan fingerprint density at radius 2 is 1.62 bits per heavy atom. The third-order valence-electron chi connectivity index (χ3n) is 7.29. The van der Waals surface area contributed by atoms with Crippen molar-refractivity contribution in [2.75, 3.05) is 24.5 Å². The van der Waals surface area contributed by atoms with Crippen molar-refractivity contribution < 1.29 is 26.4 Å². The lowest BCUT2D eigenvalue weighted by Crippen LogP contribution is -2.57. The Hall–Kier alpha value is -2.83. The van der Waals surface area contributed by atoms with Gasteiger partial charge in [-0.2, -0.15) is 12.5 Å². The summed E-state index contributed by atoms with van der Waals surface area (Å²) in [6.07, 6.45) is 1.24. The molecule has 0 unspecified atom stereocenters. The molecule has 1 aliphatic carbocycles. The number of anilines is 1. The van der Waals surface area contributed by atoms with Crippen LogP contribution in [-0.2, 0) is 24.6 Å². The number of ether oxygens (including phenoxy) is 1. The molecule has 1 saturated carbocycles. The molecular formula is C27H33ClN4O6S2. The molecule has 2 heterocycles. The molecule has 0 radical (unpaired) electrons. The quantitative estimate of drug-likeness (QED) is 0.409. The maximum Gasteiger partial charge on any atom is 0.410 e. The number of carbonyl (C=O) groups is 1. The molecular weight excluding hydrogens is 576 g/mol. The molecule has 2 aromatic carbocycles. The number of sulfone groups is 1. The van der Waals surface area contributed by atoms with E-state index in [2.05, 4.69) is 10.00 Å². The van der Waals surface area contributed by atoms with Crippen molar-refractivity contribution >= 4 is 54.3 Å². The van der Waals surface area contributed by atoms with E-state index in [1.165, 1.54) is 24.3 Å². The van der Waals surface area contributed by atoms with Crippen LogP contribution in [0.25, 0.3) is 10.9 Å². The zero-order valence-electron chi connectivity index (χ0n) is 23.1. The predicted octanol–water partition coefficient (Wildman–Crippen LogP) is 4.70. The van der Waals surface area contributed by atoms with Gasteiger partial charge in [0.1, 0.15) is 5.60 Å².